The van der Waals surface area contributed by atoms with Gasteiger partial charge in [0.2, 0.25) is 5.91 Å². The molecule has 0 saturated carbocycles. The topological polar surface area (TPSA) is 69.9 Å². The molecule has 6 nitrogen and oxygen atoms in total. The van der Waals surface area contributed by atoms with E-state index >= 15 is 0 Å². The minimum absolute atomic E-state index is 0.263. The summed E-state index contributed by atoms with van der Waals surface area (Å²) < 4.78 is 0. The Morgan fingerprint density at radius 2 is 1.96 bits per heavy atom. The molecule has 2 N–H and O–H groups in total. The number of halogens is 2. The second-order valence-corrected chi connectivity index (χ2v) is 7.42. The molecule has 0 aromatic heterocycles. The molecule has 2 fully saturated rings. The zero-order valence-corrected chi connectivity index (χ0v) is 15.5. The number of carbonyl (C=O) groups excluding carboxylic acids is 2. The Balaban J connectivity index is 1.59. The Kier molecular flexibility index (Phi) is 5.71. The number of hydrogen-bond donors (Lipinski definition) is 1. The number of rotatable bonds is 5. The summed E-state index contributed by atoms with van der Waals surface area (Å²) in [5.74, 6) is 0.263. The van der Waals surface area contributed by atoms with Crippen molar-refractivity contribution in [3.8, 4) is 0 Å². The lowest BCUT2D eigenvalue weighted by Gasteiger charge is -2.26. The van der Waals surface area contributed by atoms with Crippen molar-refractivity contribution in [2.75, 3.05) is 37.6 Å². The smallest absolute Gasteiger partial charge is 0.319 e. The molecule has 8 heteroatoms. The van der Waals surface area contributed by atoms with Gasteiger partial charge in [-0.2, -0.15) is 0 Å². The minimum Gasteiger partial charge on any atom is -0.351 e. The molecule has 1 atom stereocenters. The van der Waals surface area contributed by atoms with Crippen LogP contribution in [0.15, 0.2) is 18.2 Å². The van der Waals surface area contributed by atoms with E-state index in [-0.39, 0.29) is 11.9 Å². The van der Waals surface area contributed by atoms with Gasteiger partial charge < -0.3 is 10.6 Å². The average Bonchev–Trinajstić information content (AvgIpc) is 3.14. The van der Waals surface area contributed by atoms with Gasteiger partial charge in [0.05, 0.1) is 0 Å². The highest BCUT2D eigenvalue weighted by molar-refractivity contribution is 6.35. The van der Waals surface area contributed by atoms with E-state index in [1.165, 1.54) is 4.90 Å². The fraction of sp³-hybridized carbons (Fsp3) is 0.529. The number of urea groups is 1. The highest BCUT2D eigenvalue weighted by Gasteiger charge is 2.33. The second-order valence-electron chi connectivity index (χ2n) is 6.55. The van der Waals surface area contributed by atoms with Crippen LogP contribution in [-0.2, 0) is 4.79 Å². The summed E-state index contributed by atoms with van der Waals surface area (Å²) in [7, 11) is 0. The number of nitrogens with two attached hydrogens (primary N) is 1. The van der Waals surface area contributed by atoms with Crippen LogP contribution >= 0.6 is 23.2 Å². The molecule has 0 aliphatic carbocycles. The summed E-state index contributed by atoms with van der Waals surface area (Å²) in [6, 6.07) is 4.72. The number of hydrogen-bond acceptors (Lipinski definition) is 3. The number of anilines is 1. The first-order valence-electron chi connectivity index (χ1n) is 8.49. The van der Waals surface area contributed by atoms with E-state index < -0.39 is 6.03 Å². The number of likely N-dealkylation sites (tertiary alicyclic amines) is 2. The van der Waals surface area contributed by atoms with Gasteiger partial charge in [0.25, 0.3) is 0 Å². The predicted octanol–water partition coefficient (Wildman–Crippen LogP) is 2.58. The molecule has 3 amide bonds. The number of amides is 3. The van der Waals surface area contributed by atoms with Crippen LogP contribution in [0.25, 0.3) is 0 Å². The lowest BCUT2D eigenvalue weighted by molar-refractivity contribution is -0.129. The SMILES string of the molecule is NC(=O)N(CCN1CC[C@@H](N2CCCC2=O)C1)c1cc(Cl)cc(Cl)c1. The third-order valence-corrected chi connectivity index (χ3v) is 5.30. The Bertz CT molecular complexity index is 650. The summed E-state index contributed by atoms with van der Waals surface area (Å²) in [6.45, 7) is 3.76. The molecule has 1 aromatic rings. The summed E-state index contributed by atoms with van der Waals surface area (Å²) in [5, 5.41) is 0.921. The molecule has 0 spiro atoms. The van der Waals surface area contributed by atoms with Crippen LogP contribution in [0.1, 0.15) is 19.3 Å². The van der Waals surface area contributed by atoms with Crippen LogP contribution in [-0.4, -0.2) is 60.5 Å². The Hall–Kier alpha value is -1.50. The Morgan fingerprint density at radius 1 is 1.24 bits per heavy atom. The molecule has 2 aliphatic rings. The summed E-state index contributed by atoms with van der Waals surface area (Å²) >= 11 is 12.0. The van der Waals surface area contributed by atoms with Gasteiger partial charge in [0, 0.05) is 60.9 Å². The maximum atomic E-state index is 11.9. The van der Waals surface area contributed by atoms with Crippen LogP contribution in [0, 0.1) is 0 Å². The molecular weight excluding hydrogens is 363 g/mol. The second kappa shape index (κ2) is 7.81. The Labute approximate surface area is 157 Å². The lowest BCUT2D eigenvalue weighted by Crippen LogP contribution is -2.42. The van der Waals surface area contributed by atoms with Crippen molar-refractivity contribution in [1.29, 1.82) is 0 Å². The van der Waals surface area contributed by atoms with Crippen LogP contribution in [0.2, 0.25) is 10.0 Å². The molecule has 25 heavy (non-hydrogen) atoms. The van der Waals surface area contributed by atoms with Gasteiger partial charge in [-0.1, -0.05) is 23.2 Å². The van der Waals surface area contributed by atoms with E-state index in [1.54, 1.807) is 18.2 Å². The standard InChI is InChI=1S/C17H22Cl2N4O2/c18-12-8-13(19)10-15(9-12)23(17(20)25)7-6-21-5-3-14(11-21)22-4-1-2-16(22)24/h8-10,14H,1-7,11H2,(H2,20,25)/t14-/m1/s1. The highest BCUT2D eigenvalue weighted by Crippen LogP contribution is 2.26. The molecule has 0 bridgehead atoms. The van der Waals surface area contributed by atoms with E-state index in [0.717, 1.165) is 32.5 Å². The fourth-order valence-electron chi connectivity index (χ4n) is 3.63. The van der Waals surface area contributed by atoms with Gasteiger partial charge in [0.1, 0.15) is 0 Å². The van der Waals surface area contributed by atoms with Crippen LogP contribution in [0.5, 0.6) is 0 Å². The number of primary amides is 1. The predicted molar refractivity (Wildman–Crippen MR) is 99.2 cm³/mol. The zero-order valence-electron chi connectivity index (χ0n) is 14.0. The van der Waals surface area contributed by atoms with E-state index in [9.17, 15) is 9.59 Å². The molecule has 0 unspecified atom stereocenters. The number of benzene rings is 1. The lowest BCUT2D eigenvalue weighted by atomic mass is 10.2. The summed E-state index contributed by atoms with van der Waals surface area (Å²) in [5.41, 5.74) is 6.12. The zero-order chi connectivity index (χ0) is 18.0. The molecule has 2 heterocycles. The molecule has 1 aromatic carbocycles. The maximum Gasteiger partial charge on any atom is 0.319 e. The van der Waals surface area contributed by atoms with E-state index in [0.29, 0.717) is 35.2 Å². The quantitative estimate of drug-likeness (QED) is 0.847. The van der Waals surface area contributed by atoms with Crippen molar-refractivity contribution >= 4 is 40.8 Å². The van der Waals surface area contributed by atoms with Crippen molar-refractivity contribution in [3.05, 3.63) is 28.2 Å². The average molecular weight is 385 g/mol. The van der Waals surface area contributed by atoms with Crippen molar-refractivity contribution in [3.63, 3.8) is 0 Å². The molecule has 3 rings (SSSR count). The van der Waals surface area contributed by atoms with Gasteiger partial charge in [-0.25, -0.2) is 4.79 Å². The molecule has 0 radical (unpaired) electrons. The van der Waals surface area contributed by atoms with E-state index in [1.807, 2.05) is 4.90 Å². The van der Waals surface area contributed by atoms with Crippen LogP contribution in [0.3, 0.4) is 0 Å². The molecular formula is C17H22Cl2N4O2. The fourth-order valence-corrected chi connectivity index (χ4v) is 4.14. The highest BCUT2D eigenvalue weighted by atomic mass is 35.5. The van der Waals surface area contributed by atoms with Crippen LogP contribution < -0.4 is 10.6 Å². The van der Waals surface area contributed by atoms with Crippen molar-refractivity contribution in [2.24, 2.45) is 5.73 Å². The third-order valence-electron chi connectivity index (χ3n) is 4.86. The van der Waals surface area contributed by atoms with E-state index in [4.69, 9.17) is 28.9 Å². The van der Waals surface area contributed by atoms with Gasteiger partial charge in [-0.15, -0.1) is 0 Å². The molecule has 2 aliphatic heterocycles. The molecule has 136 valence electrons. The van der Waals surface area contributed by atoms with Gasteiger partial charge in [-0.05, 0) is 31.0 Å². The van der Waals surface area contributed by atoms with Crippen molar-refractivity contribution in [1.82, 2.24) is 9.80 Å². The first-order valence-corrected chi connectivity index (χ1v) is 9.24. The monoisotopic (exact) mass is 384 g/mol. The van der Waals surface area contributed by atoms with Crippen molar-refractivity contribution < 1.29 is 9.59 Å². The first kappa shape index (κ1) is 18.3. The summed E-state index contributed by atoms with van der Waals surface area (Å²) in [6.07, 6.45) is 2.60. The van der Waals surface area contributed by atoms with E-state index in [2.05, 4.69) is 4.90 Å². The van der Waals surface area contributed by atoms with Crippen LogP contribution in [0.4, 0.5) is 10.5 Å². The summed E-state index contributed by atoms with van der Waals surface area (Å²) in [4.78, 5) is 29.5. The van der Waals surface area contributed by atoms with Crippen molar-refractivity contribution in [2.45, 2.75) is 25.3 Å². The third kappa shape index (κ3) is 4.37. The molecule has 2 saturated heterocycles. The number of carbonyl (C=O) groups is 2. The first-order chi connectivity index (χ1) is 11.9. The van der Waals surface area contributed by atoms with Gasteiger partial charge in [0.15, 0.2) is 0 Å². The maximum absolute atomic E-state index is 11.9. The normalized spacial score (nSPS) is 21.1. The van der Waals surface area contributed by atoms with Gasteiger partial charge in [-0.3, -0.25) is 14.6 Å². The number of nitrogens with zero attached hydrogens (tertiary/aromatic N) is 3. The Morgan fingerprint density at radius 3 is 2.56 bits per heavy atom. The largest absolute Gasteiger partial charge is 0.351 e. The minimum atomic E-state index is -0.538. The van der Waals surface area contributed by atoms with Gasteiger partial charge >= 0.3 is 6.03 Å².